The molecular weight excluding hydrogens is 424 g/mol. The highest BCUT2D eigenvalue weighted by atomic mass is 32.2. The number of hydrogen-bond acceptors (Lipinski definition) is 6. The van der Waals surface area contributed by atoms with Crippen LogP contribution in [0.15, 0.2) is 34.1 Å². The van der Waals surface area contributed by atoms with Crippen LogP contribution in [0.3, 0.4) is 0 Å². The van der Waals surface area contributed by atoms with Crippen molar-refractivity contribution < 1.29 is 38.4 Å². The molecule has 168 valence electrons. The smallest absolute Gasteiger partial charge is 0.336 e. The third kappa shape index (κ3) is 4.82. The van der Waals surface area contributed by atoms with Gasteiger partial charge in [-0.15, -0.1) is 0 Å². The molecule has 0 spiro atoms. The van der Waals surface area contributed by atoms with Crippen molar-refractivity contribution in [2.75, 3.05) is 0 Å². The molecule has 0 amide bonds. The normalized spacial score (nSPS) is 11.4. The number of carboxylic acids is 2. The van der Waals surface area contributed by atoms with Gasteiger partial charge in [-0.25, -0.2) is 18.0 Å². The average Bonchev–Trinajstić information content (AvgIpc) is 2.69. The van der Waals surface area contributed by atoms with Gasteiger partial charge in [-0.1, -0.05) is 26.7 Å². The quantitative estimate of drug-likeness (QED) is 0.424. The molecule has 0 bridgehead atoms. The molecule has 0 heterocycles. The van der Waals surface area contributed by atoms with Gasteiger partial charge >= 0.3 is 11.9 Å². The Morgan fingerprint density at radius 1 is 0.742 bits per heavy atom. The van der Waals surface area contributed by atoms with Crippen molar-refractivity contribution >= 4 is 21.8 Å². The van der Waals surface area contributed by atoms with Gasteiger partial charge < -0.3 is 20.4 Å². The number of unbranched alkanes of at least 4 members (excludes halogenated alkanes) is 2. The van der Waals surface area contributed by atoms with Gasteiger partial charge in [-0.2, -0.15) is 0 Å². The fourth-order valence-corrected chi connectivity index (χ4v) is 5.50. The third-order valence-corrected chi connectivity index (χ3v) is 7.02. The van der Waals surface area contributed by atoms with E-state index in [-0.39, 0.29) is 35.1 Å². The minimum absolute atomic E-state index is 0.0732. The van der Waals surface area contributed by atoms with Gasteiger partial charge in [0.05, 0.1) is 11.1 Å². The van der Waals surface area contributed by atoms with Gasteiger partial charge in [-0.05, 0) is 61.1 Å². The van der Waals surface area contributed by atoms with Crippen LogP contribution in [0.4, 0.5) is 0 Å². The summed E-state index contributed by atoms with van der Waals surface area (Å²) in [6.07, 6.45) is 2.38. The van der Waals surface area contributed by atoms with E-state index in [2.05, 4.69) is 0 Å². The summed E-state index contributed by atoms with van der Waals surface area (Å²) in [6, 6.07) is 4.23. The fraction of sp³-hybridized carbons (Fsp3) is 0.364. The summed E-state index contributed by atoms with van der Waals surface area (Å²) in [7, 11) is -4.66. The Bertz CT molecular complexity index is 1020. The summed E-state index contributed by atoms with van der Waals surface area (Å²) in [4.78, 5) is 22.2. The van der Waals surface area contributed by atoms with Gasteiger partial charge in [0, 0.05) is 0 Å². The number of phenolic OH excluding ortho intramolecular Hbond substituents is 2. The topological polar surface area (TPSA) is 149 Å². The minimum Gasteiger partial charge on any atom is -0.507 e. The van der Waals surface area contributed by atoms with E-state index in [0.717, 1.165) is 24.3 Å². The van der Waals surface area contributed by atoms with Crippen LogP contribution in [0.1, 0.15) is 71.4 Å². The number of rotatable bonds is 10. The molecule has 0 aromatic heterocycles. The second kappa shape index (κ2) is 9.82. The monoisotopic (exact) mass is 450 g/mol. The lowest BCUT2D eigenvalue weighted by atomic mass is 10.0. The summed E-state index contributed by atoms with van der Waals surface area (Å²) in [6.45, 7) is 3.70. The lowest BCUT2D eigenvalue weighted by Crippen LogP contribution is -2.15. The number of aromatic carboxylic acids is 2. The molecule has 2 rings (SSSR count). The zero-order valence-corrected chi connectivity index (χ0v) is 18.2. The summed E-state index contributed by atoms with van der Waals surface area (Å²) < 4.78 is 27.4. The summed E-state index contributed by atoms with van der Waals surface area (Å²) >= 11 is 0. The van der Waals surface area contributed by atoms with E-state index in [1.807, 2.05) is 13.8 Å². The summed E-state index contributed by atoms with van der Waals surface area (Å²) in [5, 5.41) is 40.0. The second-order valence-electron chi connectivity index (χ2n) is 7.20. The largest absolute Gasteiger partial charge is 0.507 e. The van der Waals surface area contributed by atoms with Crippen molar-refractivity contribution in [3.63, 3.8) is 0 Å². The fourth-order valence-electron chi connectivity index (χ4n) is 3.54. The maximum atomic E-state index is 13.7. The van der Waals surface area contributed by atoms with Gasteiger partial charge in [-0.3, -0.25) is 0 Å². The van der Waals surface area contributed by atoms with Crippen molar-refractivity contribution in [1.82, 2.24) is 0 Å². The van der Waals surface area contributed by atoms with E-state index in [1.54, 1.807) is 0 Å². The van der Waals surface area contributed by atoms with Crippen LogP contribution in [0.5, 0.6) is 11.5 Å². The number of carbonyl (C=O) groups is 2. The molecule has 2 aromatic rings. The molecule has 0 aliphatic carbocycles. The number of phenols is 2. The highest BCUT2D eigenvalue weighted by Gasteiger charge is 2.34. The van der Waals surface area contributed by atoms with Crippen molar-refractivity contribution in [3.8, 4) is 11.5 Å². The molecule has 9 heteroatoms. The molecule has 4 N–H and O–H groups in total. The molecule has 2 aromatic carbocycles. The zero-order chi connectivity index (χ0) is 23.3. The van der Waals surface area contributed by atoms with Crippen molar-refractivity contribution in [2.45, 2.75) is 62.2 Å². The maximum absolute atomic E-state index is 13.7. The van der Waals surface area contributed by atoms with Crippen LogP contribution in [0.25, 0.3) is 0 Å². The zero-order valence-electron chi connectivity index (χ0n) is 17.4. The van der Waals surface area contributed by atoms with E-state index in [9.17, 15) is 38.4 Å². The number of sulfone groups is 1. The molecule has 0 saturated heterocycles. The average molecular weight is 451 g/mol. The summed E-state index contributed by atoms with van der Waals surface area (Å²) in [5.41, 5.74) is -0.686. The molecule has 0 saturated carbocycles. The molecule has 0 fully saturated rings. The summed E-state index contributed by atoms with van der Waals surface area (Å²) in [5.74, 6) is -4.01. The van der Waals surface area contributed by atoms with E-state index < -0.39 is 43.1 Å². The molecule has 0 aliphatic rings. The predicted octanol–water partition coefficient (Wildman–Crippen LogP) is 4.01. The van der Waals surface area contributed by atoms with Crippen LogP contribution in [0.2, 0.25) is 0 Å². The second-order valence-corrected chi connectivity index (χ2v) is 9.02. The van der Waals surface area contributed by atoms with Crippen molar-refractivity contribution in [1.29, 1.82) is 0 Å². The maximum Gasteiger partial charge on any atom is 0.336 e. The van der Waals surface area contributed by atoms with E-state index in [4.69, 9.17) is 0 Å². The Hall–Kier alpha value is -3.07. The Balaban J connectivity index is 2.93. The Kier molecular flexibility index (Phi) is 7.67. The molecule has 0 unspecified atom stereocenters. The van der Waals surface area contributed by atoms with Crippen LogP contribution < -0.4 is 0 Å². The number of aromatic hydroxyl groups is 2. The van der Waals surface area contributed by atoms with Crippen LogP contribution in [-0.2, 0) is 22.7 Å². The van der Waals surface area contributed by atoms with Crippen LogP contribution >= 0.6 is 0 Å². The SMILES string of the molecule is CCCCc1c(C(=O)O)ccc(O)c1S(=O)(=O)c1c(O)ccc(C(=O)O)c1CCCC. The van der Waals surface area contributed by atoms with Gasteiger partial charge in [0.1, 0.15) is 21.3 Å². The lowest BCUT2D eigenvalue weighted by Gasteiger charge is -2.19. The molecule has 0 atom stereocenters. The molecular formula is C22H26O8S. The Morgan fingerprint density at radius 2 is 1.10 bits per heavy atom. The Labute approximate surface area is 180 Å². The van der Waals surface area contributed by atoms with Crippen LogP contribution in [0, 0.1) is 0 Å². The lowest BCUT2D eigenvalue weighted by molar-refractivity contribution is 0.0684. The van der Waals surface area contributed by atoms with Crippen molar-refractivity contribution in [2.24, 2.45) is 0 Å². The number of carboxylic acid groups (broad SMARTS) is 2. The highest BCUT2D eigenvalue weighted by molar-refractivity contribution is 7.91. The first-order chi connectivity index (χ1) is 14.6. The standard InChI is InChI=1S/C22H26O8S/c1-3-5-7-13-15(21(25)26)9-11-17(23)19(13)31(29,30)20-14(8-6-4-2)16(22(27)28)10-12-18(20)24/h9-12,23-24H,3-8H2,1-2H3,(H,25,26)(H,27,28). The third-order valence-electron chi connectivity index (χ3n) is 5.04. The van der Waals surface area contributed by atoms with E-state index >= 15 is 0 Å². The minimum atomic E-state index is -4.66. The molecule has 31 heavy (non-hydrogen) atoms. The van der Waals surface area contributed by atoms with Gasteiger partial charge in [0.15, 0.2) is 0 Å². The van der Waals surface area contributed by atoms with Gasteiger partial charge in [0.2, 0.25) is 9.84 Å². The first kappa shape index (κ1) is 24.2. The first-order valence-electron chi connectivity index (χ1n) is 9.99. The number of hydrogen-bond donors (Lipinski definition) is 4. The molecule has 0 aliphatic heterocycles. The molecule has 0 radical (unpaired) electrons. The van der Waals surface area contributed by atoms with Gasteiger partial charge in [0.25, 0.3) is 0 Å². The Morgan fingerprint density at radius 3 is 1.39 bits per heavy atom. The van der Waals surface area contributed by atoms with Crippen LogP contribution in [-0.4, -0.2) is 40.8 Å². The highest BCUT2D eigenvalue weighted by Crippen LogP contribution is 2.40. The predicted molar refractivity (Wildman–Crippen MR) is 113 cm³/mol. The molecule has 8 nitrogen and oxygen atoms in total. The number of benzene rings is 2. The van der Waals surface area contributed by atoms with E-state index in [0.29, 0.717) is 25.7 Å². The van der Waals surface area contributed by atoms with E-state index in [1.165, 1.54) is 0 Å². The van der Waals surface area contributed by atoms with Crippen molar-refractivity contribution in [3.05, 3.63) is 46.5 Å². The first-order valence-corrected chi connectivity index (χ1v) is 11.5.